The minimum Gasteiger partial charge on any atom is -0.508 e. The first-order chi connectivity index (χ1) is 9.84. The Bertz CT molecular complexity index is 772. The van der Waals surface area contributed by atoms with Crippen LogP contribution in [0.5, 0.6) is 5.75 Å². The van der Waals surface area contributed by atoms with Crippen molar-refractivity contribution in [2.45, 2.75) is 11.3 Å². The lowest BCUT2D eigenvalue weighted by molar-refractivity contribution is -0.115. The molecular weight excluding hydrogens is 292 g/mol. The SMILES string of the molecule is NS(=O)(=O)c1cccc(NC(=O)Cc2cccc(O)c2)c1. The predicted octanol–water partition coefficient (Wildman–Crippen LogP) is 1.22. The summed E-state index contributed by atoms with van der Waals surface area (Å²) < 4.78 is 22.5. The van der Waals surface area contributed by atoms with Crippen molar-refractivity contribution in [3.63, 3.8) is 0 Å². The first-order valence-electron chi connectivity index (χ1n) is 6.05. The fourth-order valence-electron chi connectivity index (χ4n) is 1.81. The number of aromatic hydroxyl groups is 1. The van der Waals surface area contributed by atoms with Gasteiger partial charge in [0, 0.05) is 5.69 Å². The van der Waals surface area contributed by atoms with Gasteiger partial charge >= 0.3 is 0 Å². The fourth-order valence-corrected chi connectivity index (χ4v) is 2.37. The lowest BCUT2D eigenvalue weighted by Crippen LogP contribution is -2.16. The Morgan fingerprint density at radius 1 is 1.14 bits per heavy atom. The Morgan fingerprint density at radius 2 is 1.86 bits per heavy atom. The zero-order valence-corrected chi connectivity index (χ0v) is 11.8. The zero-order valence-electron chi connectivity index (χ0n) is 11.0. The average Bonchev–Trinajstić information content (AvgIpc) is 2.37. The maximum atomic E-state index is 11.9. The second kappa shape index (κ2) is 5.94. The topological polar surface area (TPSA) is 109 Å². The van der Waals surface area contributed by atoms with Crippen LogP contribution in [0, 0.1) is 0 Å². The molecule has 2 aromatic rings. The largest absolute Gasteiger partial charge is 0.508 e. The Morgan fingerprint density at radius 3 is 2.52 bits per heavy atom. The van der Waals surface area contributed by atoms with Crippen LogP contribution in [0.15, 0.2) is 53.4 Å². The van der Waals surface area contributed by atoms with Crippen LogP contribution in [0.4, 0.5) is 5.69 Å². The molecule has 0 radical (unpaired) electrons. The van der Waals surface area contributed by atoms with Crippen LogP contribution in [0.2, 0.25) is 0 Å². The molecule has 1 amide bonds. The van der Waals surface area contributed by atoms with E-state index in [4.69, 9.17) is 5.14 Å². The monoisotopic (exact) mass is 306 g/mol. The van der Waals surface area contributed by atoms with E-state index in [0.717, 1.165) is 0 Å². The summed E-state index contributed by atoms with van der Waals surface area (Å²) in [6.07, 6.45) is 0.0635. The summed E-state index contributed by atoms with van der Waals surface area (Å²) in [6.45, 7) is 0. The van der Waals surface area contributed by atoms with Crippen molar-refractivity contribution in [3.8, 4) is 5.75 Å². The second-order valence-corrected chi connectivity index (χ2v) is 6.03. The molecule has 21 heavy (non-hydrogen) atoms. The Hall–Kier alpha value is -2.38. The van der Waals surface area contributed by atoms with Crippen molar-refractivity contribution in [3.05, 3.63) is 54.1 Å². The van der Waals surface area contributed by atoms with Crippen molar-refractivity contribution in [1.82, 2.24) is 0 Å². The van der Waals surface area contributed by atoms with Gasteiger partial charge in [0.05, 0.1) is 11.3 Å². The standard InChI is InChI=1S/C14H14N2O4S/c15-21(19,20)13-6-2-4-11(9-13)16-14(18)8-10-3-1-5-12(17)7-10/h1-7,9,17H,8H2,(H,16,18)(H2,15,19,20). The summed E-state index contributed by atoms with van der Waals surface area (Å²) in [5.41, 5.74) is 0.988. The van der Waals surface area contributed by atoms with Gasteiger partial charge in [-0.3, -0.25) is 4.79 Å². The van der Waals surface area contributed by atoms with Crippen molar-refractivity contribution in [2.75, 3.05) is 5.32 Å². The molecular formula is C14H14N2O4S. The van der Waals surface area contributed by atoms with Crippen LogP contribution in [0.1, 0.15) is 5.56 Å². The molecule has 0 saturated heterocycles. The number of benzene rings is 2. The highest BCUT2D eigenvalue weighted by atomic mass is 32.2. The van der Waals surface area contributed by atoms with Crippen molar-refractivity contribution in [1.29, 1.82) is 0 Å². The lowest BCUT2D eigenvalue weighted by Gasteiger charge is -2.07. The molecule has 0 aliphatic carbocycles. The van der Waals surface area contributed by atoms with Crippen molar-refractivity contribution < 1.29 is 18.3 Å². The van der Waals surface area contributed by atoms with Crippen LogP contribution in [0.25, 0.3) is 0 Å². The van der Waals surface area contributed by atoms with E-state index in [1.807, 2.05) is 0 Å². The molecule has 0 saturated carbocycles. The summed E-state index contributed by atoms with van der Waals surface area (Å²) in [7, 11) is -3.81. The number of primary sulfonamides is 1. The van der Waals surface area contributed by atoms with Gasteiger partial charge in [0.25, 0.3) is 0 Å². The molecule has 2 rings (SSSR count). The molecule has 0 aliphatic rings. The van der Waals surface area contributed by atoms with Crippen LogP contribution in [-0.4, -0.2) is 19.4 Å². The van der Waals surface area contributed by atoms with Gasteiger partial charge < -0.3 is 10.4 Å². The number of carbonyl (C=O) groups excluding carboxylic acids is 1. The highest BCUT2D eigenvalue weighted by molar-refractivity contribution is 7.89. The molecule has 0 aliphatic heterocycles. The number of amides is 1. The normalized spacial score (nSPS) is 11.1. The Labute approximate surface area is 122 Å². The van der Waals surface area contributed by atoms with Gasteiger partial charge in [0.15, 0.2) is 0 Å². The number of phenolic OH excluding ortho intramolecular Hbond substituents is 1. The number of nitrogens with one attached hydrogen (secondary N) is 1. The smallest absolute Gasteiger partial charge is 0.238 e. The average molecular weight is 306 g/mol. The number of phenols is 1. The molecule has 4 N–H and O–H groups in total. The van der Waals surface area contributed by atoms with Crippen LogP contribution < -0.4 is 10.5 Å². The van der Waals surface area contributed by atoms with E-state index in [1.165, 1.54) is 30.3 Å². The Kier molecular flexibility index (Phi) is 4.25. The van der Waals surface area contributed by atoms with E-state index in [0.29, 0.717) is 11.3 Å². The summed E-state index contributed by atoms with van der Waals surface area (Å²) in [4.78, 5) is 11.8. The van der Waals surface area contributed by atoms with Gasteiger partial charge in [-0.15, -0.1) is 0 Å². The molecule has 0 fully saturated rings. The maximum Gasteiger partial charge on any atom is 0.238 e. The number of anilines is 1. The predicted molar refractivity (Wildman–Crippen MR) is 78.3 cm³/mol. The highest BCUT2D eigenvalue weighted by Crippen LogP contribution is 2.15. The van der Waals surface area contributed by atoms with Crippen LogP contribution in [-0.2, 0) is 21.2 Å². The molecule has 2 aromatic carbocycles. The van der Waals surface area contributed by atoms with E-state index in [-0.39, 0.29) is 23.0 Å². The molecule has 0 atom stereocenters. The Balaban J connectivity index is 2.10. The molecule has 0 heterocycles. The van der Waals surface area contributed by atoms with Gasteiger partial charge in [-0.2, -0.15) is 0 Å². The van der Waals surface area contributed by atoms with Crippen molar-refractivity contribution in [2.24, 2.45) is 5.14 Å². The maximum absolute atomic E-state index is 11.9. The van der Waals surface area contributed by atoms with E-state index in [2.05, 4.69) is 5.32 Å². The summed E-state index contributed by atoms with van der Waals surface area (Å²) in [5, 5.41) is 16.9. The zero-order chi connectivity index (χ0) is 15.5. The van der Waals surface area contributed by atoms with E-state index in [1.54, 1.807) is 18.2 Å². The van der Waals surface area contributed by atoms with E-state index >= 15 is 0 Å². The number of hydrogen-bond acceptors (Lipinski definition) is 4. The first-order valence-corrected chi connectivity index (χ1v) is 7.60. The van der Waals surface area contributed by atoms with Crippen LogP contribution in [0.3, 0.4) is 0 Å². The fraction of sp³-hybridized carbons (Fsp3) is 0.0714. The van der Waals surface area contributed by atoms with E-state index < -0.39 is 10.0 Å². The molecule has 0 aromatic heterocycles. The summed E-state index contributed by atoms with van der Waals surface area (Å²) in [5.74, 6) is -0.247. The first kappa shape index (κ1) is 15.0. The summed E-state index contributed by atoms with van der Waals surface area (Å²) >= 11 is 0. The minimum atomic E-state index is -3.81. The number of carbonyl (C=O) groups is 1. The van der Waals surface area contributed by atoms with Gasteiger partial charge in [-0.05, 0) is 35.9 Å². The number of hydrogen-bond donors (Lipinski definition) is 3. The molecule has 6 nitrogen and oxygen atoms in total. The summed E-state index contributed by atoms with van der Waals surface area (Å²) in [6, 6.07) is 12.0. The molecule has 0 spiro atoms. The quantitative estimate of drug-likeness (QED) is 0.789. The van der Waals surface area contributed by atoms with Gasteiger partial charge in [0.2, 0.25) is 15.9 Å². The third kappa shape index (κ3) is 4.30. The van der Waals surface area contributed by atoms with Crippen LogP contribution >= 0.6 is 0 Å². The van der Waals surface area contributed by atoms with Crippen molar-refractivity contribution >= 4 is 21.6 Å². The third-order valence-corrected chi connectivity index (χ3v) is 3.63. The molecule has 7 heteroatoms. The highest BCUT2D eigenvalue weighted by Gasteiger charge is 2.10. The number of rotatable bonds is 4. The molecule has 110 valence electrons. The van der Waals surface area contributed by atoms with E-state index in [9.17, 15) is 18.3 Å². The van der Waals surface area contributed by atoms with Gasteiger partial charge in [0.1, 0.15) is 5.75 Å². The van der Waals surface area contributed by atoms with Gasteiger partial charge in [-0.1, -0.05) is 18.2 Å². The third-order valence-electron chi connectivity index (χ3n) is 2.72. The number of nitrogens with two attached hydrogens (primary N) is 1. The second-order valence-electron chi connectivity index (χ2n) is 4.47. The molecule has 0 unspecified atom stereocenters. The lowest BCUT2D eigenvalue weighted by atomic mass is 10.1. The molecule has 0 bridgehead atoms. The minimum absolute atomic E-state index is 0.0635. The van der Waals surface area contributed by atoms with Gasteiger partial charge in [-0.25, -0.2) is 13.6 Å². The number of sulfonamides is 1.